The molecule has 0 aliphatic heterocycles. The Kier molecular flexibility index (Phi) is 5.78. The first kappa shape index (κ1) is 23.0. The molecule has 3 heterocycles. The molecule has 5 aromatic rings. The molecule has 178 valence electrons. The monoisotopic (exact) mass is 496 g/mol. The molecule has 6 nitrogen and oxygen atoms in total. The van der Waals surface area contributed by atoms with Crippen LogP contribution in [0.2, 0.25) is 0 Å². The zero-order valence-electron chi connectivity index (χ0n) is 18.4. The van der Waals surface area contributed by atoms with E-state index in [-0.39, 0.29) is 12.5 Å². The number of thiazole rings is 1. The van der Waals surface area contributed by atoms with E-state index in [1.165, 1.54) is 23.5 Å². The van der Waals surface area contributed by atoms with E-state index < -0.39 is 17.8 Å². The Balaban J connectivity index is 1.56. The lowest BCUT2D eigenvalue weighted by molar-refractivity contribution is -0.137. The smallest absolute Gasteiger partial charge is 0.394 e. The number of fused-ring (bicyclic) bond motifs is 3. The molecule has 2 N–H and O–H groups in total. The van der Waals surface area contributed by atoms with Crippen molar-refractivity contribution in [2.75, 3.05) is 6.61 Å². The molecule has 3 aromatic heterocycles. The maximum atomic E-state index is 13.0. The first-order valence-corrected chi connectivity index (χ1v) is 11.5. The molecule has 1 atom stereocenters. The summed E-state index contributed by atoms with van der Waals surface area (Å²) in [5.41, 5.74) is 2.06. The van der Waals surface area contributed by atoms with E-state index >= 15 is 0 Å². The van der Waals surface area contributed by atoms with Gasteiger partial charge in [0.05, 0.1) is 39.1 Å². The topological polar surface area (TPSA) is 80.0 Å². The third kappa shape index (κ3) is 4.26. The van der Waals surface area contributed by atoms with Crippen LogP contribution in [0.4, 0.5) is 13.2 Å². The van der Waals surface area contributed by atoms with Gasteiger partial charge in [0.2, 0.25) is 0 Å². The Morgan fingerprint density at radius 2 is 1.91 bits per heavy atom. The first-order valence-electron chi connectivity index (χ1n) is 10.7. The fraction of sp³-hybridized carbons (Fsp3) is 0.160. The highest BCUT2D eigenvalue weighted by molar-refractivity contribution is 7.19. The van der Waals surface area contributed by atoms with Gasteiger partial charge in [0.1, 0.15) is 0 Å². The lowest BCUT2D eigenvalue weighted by Gasteiger charge is -2.16. The number of aromatic nitrogens is 3. The highest BCUT2D eigenvalue weighted by Crippen LogP contribution is 2.37. The van der Waals surface area contributed by atoms with Crippen LogP contribution in [0.25, 0.3) is 26.9 Å². The molecule has 10 heteroatoms. The Labute approximate surface area is 201 Å². The number of hydrogen-bond acceptors (Lipinski definition) is 5. The number of pyridine rings is 1. The van der Waals surface area contributed by atoms with Gasteiger partial charge in [-0.15, -0.1) is 11.3 Å². The van der Waals surface area contributed by atoms with E-state index in [2.05, 4.69) is 15.3 Å². The molecule has 0 saturated heterocycles. The molecule has 1 amide bonds. The molecule has 0 spiro atoms. The number of rotatable bonds is 5. The number of carbonyl (C=O) groups is 1. The van der Waals surface area contributed by atoms with Crippen LogP contribution in [-0.4, -0.2) is 32.2 Å². The molecule has 0 radical (unpaired) electrons. The van der Waals surface area contributed by atoms with Crippen LogP contribution in [0.1, 0.15) is 32.7 Å². The molecule has 0 aliphatic carbocycles. The zero-order valence-corrected chi connectivity index (χ0v) is 19.2. The minimum atomic E-state index is -4.42. The van der Waals surface area contributed by atoms with Gasteiger partial charge in [-0.3, -0.25) is 14.3 Å². The van der Waals surface area contributed by atoms with Crippen molar-refractivity contribution in [2.45, 2.75) is 19.1 Å². The first-order chi connectivity index (χ1) is 16.8. The van der Waals surface area contributed by atoms with E-state index in [0.29, 0.717) is 22.6 Å². The molecule has 0 saturated carbocycles. The maximum Gasteiger partial charge on any atom is 0.416 e. The van der Waals surface area contributed by atoms with Crippen molar-refractivity contribution in [3.63, 3.8) is 0 Å². The van der Waals surface area contributed by atoms with Gasteiger partial charge in [-0.1, -0.05) is 6.07 Å². The summed E-state index contributed by atoms with van der Waals surface area (Å²) < 4.78 is 41.7. The lowest BCUT2D eigenvalue weighted by Crippen LogP contribution is -2.31. The van der Waals surface area contributed by atoms with Crippen molar-refractivity contribution in [1.29, 1.82) is 0 Å². The Bertz CT molecular complexity index is 1530. The molecular weight excluding hydrogens is 477 g/mol. The van der Waals surface area contributed by atoms with E-state index in [4.69, 9.17) is 0 Å². The van der Waals surface area contributed by atoms with Crippen LogP contribution in [-0.2, 0) is 6.18 Å². The average Bonchev–Trinajstić information content (AvgIpc) is 3.36. The zero-order chi connectivity index (χ0) is 24.7. The summed E-state index contributed by atoms with van der Waals surface area (Å²) in [6.07, 6.45) is -2.84. The summed E-state index contributed by atoms with van der Waals surface area (Å²) in [6, 6.07) is 14.6. The van der Waals surface area contributed by atoms with Crippen molar-refractivity contribution >= 4 is 38.5 Å². The third-order valence-electron chi connectivity index (χ3n) is 5.66. The minimum absolute atomic E-state index is 0.312. The van der Waals surface area contributed by atoms with Crippen LogP contribution in [0.5, 0.6) is 0 Å². The second-order valence-electron chi connectivity index (χ2n) is 7.96. The normalized spacial score (nSPS) is 12.8. The number of benzene rings is 2. The number of aliphatic hydroxyl groups excluding tert-OH is 1. The fourth-order valence-electron chi connectivity index (χ4n) is 4.01. The molecule has 35 heavy (non-hydrogen) atoms. The Morgan fingerprint density at radius 1 is 1.14 bits per heavy atom. The second kappa shape index (κ2) is 8.79. The summed E-state index contributed by atoms with van der Waals surface area (Å²) in [7, 11) is 0. The number of hydrogen-bond donors (Lipinski definition) is 2. The predicted molar refractivity (Wildman–Crippen MR) is 128 cm³/mol. The van der Waals surface area contributed by atoms with Crippen LogP contribution < -0.4 is 5.32 Å². The number of aliphatic hydroxyl groups is 1. The highest BCUT2D eigenvalue weighted by atomic mass is 32.1. The Morgan fingerprint density at radius 3 is 2.57 bits per heavy atom. The molecule has 0 bridgehead atoms. The van der Waals surface area contributed by atoms with Gasteiger partial charge in [0, 0.05) is 22.8 Å². The van der Waals surface area contributed by atoms with Crippen LogP contribution in [0.15, 0.2) is 66.9 Å². The summed E-state index contributed by atoms with van der Waals surface area (Å²) in [5.74, 6) is -0.381. The average molecular weight is 497 g/mol. The summed E-state index contributed by atoms with van der Waals surface area (Å²) >= 11 is 1.45. The van der Waals surface area contributed by atoms with Crippen molar-refractivity contribution in [2.24, 2.45) is 0 Å². The van der Waals surface area contributed by atoms with E-state index in [0.717, 1.165) is 32.7 Å². The minimum Gasteiger partial charge on any atom is -0.394 e. The van der Waals surface area contributed by atoms with Gasteiger partial charge < -0.3 is 10.4 Å². The third-order valence-corrected chi connectivity index (χ3v) is 6.65. The Hall–Kier alpha value is -3.76. The van der Waals surface area contributed by atoms with E-state index in [1.54, 1.807) is 47.2 Å². The molecule has 0 aliphatic rings. The quantitative estimate of drug-likeness (QED) is 0.340. The summed E-state index contributed by atoms with van der Waals surface area (Å²) in [4.78, 5) is 21.8. The number of amides is 1. The van der Waals surface area contributed by atoms with Gasteiger partial charge in [0.25, 0.3) is 5.91 Å². The van der Waals surface area contributed by atoms with Gasteiger partial charge in [-0.25, -0.2) is 4.98 Å². The maximum absolute atomic E-state index is 13.0. The number of halogens is 3. The van der Waals surface area contributed by atoms with Gasteiger partial charge >= 0.3 is 6.18 Å². The molecule has 0 fully saturated rings. The van der Waals surface area contributed by atoms with Gasteiger partial charge in [-0.05, 0) is 61.5 Å². The van der Waals surface area contributed by atoms with Gasteiger partial charge in [0.15, 0.2) is 5.65 Å². The van der Waals surface area contributed by atoms with Gasteiger partial charge in [-0.2, -0.15) is 13.2 Å². The molecular formula is C25H19F3N4O2S. The lowest BCUT2D eigenvalue weighted by atomic mass is 10.1. The number of nitrogens with one attached hydrogen (secondary N) is 1. The number of nitrogens with zero attached hydrogens (tertiary/aromatic N) is 3. The molecule has 0 unspecified atom stereocenters. The van der Waals surface area contributed by atoms with E-state index in [9.17, 15) is 23.1 Å². The molecule has 5 rings (SSSR count). The van der Waals surface area contributed by atoms with Crippen molar-refractivity contribution < 1.29 is 23.1 Å². The molecule has 2 aromatic carbocycles. The summed E-state index contributed by atoms with van der Waals surface area (Å²) in [6.45, 7) is 1.54. The second-order valence-corrected chi connectivity index (χ2v) is 9.16. The fourth-order valence-corrected chi connectivity index (χ4v) is 4.94. The number of aryl methyl sites for hydroxylation is 1. The van der Waals surface area contributed by atoms with Crippen LogP contribution >= 0.6 is 11.3 Å². The van der Waals surface area contributed by atoms with Crippen molar-refractivity contribution in [1.82, 2.24) is 19.9 Å². The largest absolute Gasteiger partial charge is 0.416 e. The number of alkyl halides is 3. The van der Waals surface area contributed by atoms with Crippen molar-refractivity contribution in [3.05, 3.63) is 88.7 Å². The van der Waals surface area contributed by atoms with E-state index in [1.807, 2.05) is 6.92 Å². The van der Waals surface area contributed by atoms with Crippen LogP contribution in [0, 0.1) is 6.92 Å². The predicted octanol–water partition coefficient (Wildman–Crippen LogP) is 5.43. The standard InChI is InChI=1S/C25H19F3N4O2S/c1-14-30-23-22(35-14)18-12-15(24(34)31-20(13-33)19-4-2-3-11-29-19)5-10-21(18)32(23)17-8-6-16(7-9-17)25(26,27)28/h2-12,20,33H,13H2,1H3,(H,31,34)/t20-/m0/s1. The summed E-state index contributed by atoms with van der Waals surface area (Å²) in [5, 5.41) is 14.1. The highest BCUT2D eigenvalue weighted by Gasteiger charge is 2.30. The van der Waals surface area contributed by atoms with Crippen LogP contribution in [0.3, 0.4) is 0 Å². The SMILES string of the molecule is Cc1nc2c(s1)c1cc(C(=O)N[C@@H](CO)c3ccccn3)ccc1n2-c1ccc(C(F)(F)F)cc1. The number of carbonyl (C=O) groups excluding carboxylic acids is 1. The van der Waals surface area contributed by atoms with Crippen molar-refractivity contribution in [3.8, 4) is 5.69 Å².